The van der Waals surface area contributed by atoms with E-state index in [9.17, 15) is 4.79 Å². The molecule has 1 unspecified atom stereocenters. The number of amides is 1. The number of nitrogens with one attached hydrogen (secondary N) is 2. The van der Waals surface area contributed by atoms with E-state index in [1.165, 1.54) is 6.42 Å². The Bertz CT molecular complexity index is 525. The van der Waals surface area contributed by atoms with Gasteiger partial charge in [-0.25, -0.2) is 4.68 Å². The number of piperidine rings is 1. The van der Waals surface area contributed by atoms with Gasteiger partial charge >= 0.3 is 0 Å². The van der Waals surface area contributed by atoms with Crippen LogP contribution in [0, 0.1) is 0 Å². The van der Waals surface area contributed by atoms with Crippen molar-refractivity contribution in [3.63, 3.8) is 0 Å². The Balaban J connectivity index is 0.00000208. The first-order valence-corrected chi connectivity index (χ1v) is 8.75. The molecule has 8 heteroatoms. The van der Waals surface area contributed by atoms with E-state index in [1.54, 1.807) is 4.68 Å². The molecule has 1 aromatic heterocycles. The molecule has 2 aliphatic heterocycles. The molecule has 3 rings (SSSR count). The van der Waals surface area contributed by atoms with Crippen LogP contribution in [-0.2, 0) is 16.6 Å². The summed E-state index contributed by atoms with van der Waals surface area (Å²) in [6.45, 7) is 2.84. The zero-order valence-corrected chi connectivity index (χ0v) is 15.1. The van der Waals surface area contributed by atoms with Crippen molar-refractivity contribution in [2.75, 3.05) is 25.0 Å². The first kappa shape index (κ1) is 19.1. The third-order valence-electron chi connectivity index (χ3n) is 4.70. The molecule has 0 saturated carbocycles. The summed E-state index contributed by atoms with van der Waals surface area (Å²) in [6, 6.07) is 0. The Hall–Kier alpha value is -1.18. The molecule has 2 N–H and O–H groups in total. The average Bonchev–Trinajstić information content (AvgIpc) is 2.95. The minimum absolute atomic E-state index is 0. The van der Waals surface area contributed by atoms with Gasteiger partial charge in [0.05, 0.1) is 6.10 Å². The van der Waals surface area contributed by atoms with Crippen molar-refractivity contribution in [3.8, 4) is 0 Å². The van der Waals surface area contributed by atoms with Gasteiger partial charge in [-0.1, -0.05) is 0 Å². The van der Waals surface area contributed by atoms with Gasteiger partial charge in [-0.05, 0) is 51.6 Å². The molecule has 0 aliphatic carbocycles. The molecule has 1 aromatic rings. The molecule has 2 fully saturated rings. The second kappa shape index (κ2) is 9.34. The highest BCUT2D eigenvalue weighted by Gasteiger charge is 2.21. The number of halogens is 1. The maximum Gasteiger partial charge on any atom is 0.227 e. The number of aryl methyl sites for hydroxylation is 1. The summed E-state index contributed by atoms with van der Waals surface area (Å²) in [6.07, 6.45) is 7.00. The highest BCUT2D eigenvalue weighted by molar-refractivity contribution is 5.88. The van der Waals surface area contributed by atoms with Crippen LogP contribution in [-0.4, -0.2) is 46.5 Å². The predicted molar refractivity (Wildman–Crippen MR) is 94.6 cm³/mol. The summed E-state index contributed by atoms with van der Waals surface area (Å²) in [4.78, 5) is 16.7. The highest BCUT2D eigenvalue weighted by Crippen LogP contribution is 2.23. The molecule has 136 valence electrons. The lowest BCUT2D eigenvalue weighted by molar-refractivity contribution is -0.117. The first-order chi connectivity index (χ1) is 11.2. The van der Waals surface area contributed by atoms with E-state index in [1.807, 2.05) is 7.05 Å². The van der Waals surface area contributed by atoms with E-state index in [2.05, 4.69) is 20.7 Å². The van der Waals surface area contributed by atoms with Crippen molar-refractivity contribution in [2.45, 2.75) is 57.0 Å². The number of rotatable bonds is 5. The Labute approximate surface area is 149 Å². The molecular weight excluding hydrogens is 330 g/mol. The van der Waals surface area contributed by atoms with Crippen molar-refractivity contribution in [3.05, 3.63) is 5.82 Å². The standard InChI is InChI=1S/C16H27N5O2.ClH/c1-21-16(19-15(20-21)12-7-9-17-10-8-12)18-14(22)6-5-13-4-2-3-11-23-13;/h12-13,17H,2-11H2,1H3,(H,18,19,20,22);1H. The quantitative estimate of drug-likeness (QED) is 0.842. The van der Waals surface area contributed by atoms with Gasteiger partial charge in [0.25, 0.3) is 0 Å². The number of anilines is 1. The summed E-state index contributed by atoms with van der Waals surface area (Å²) in [5, 5.41) is 10.7. The van der Waals surface area contributed by atoms with E-state index in [0.29, 0.717) is 18.3 Å². The zero-order valence-electron chi connectivity index (χ0n) is 14.3. The fourth-order valence-electron chi connectivity index (χ4n) is 3.28. The van der Waals surface area contributed by atoms with Gasteiger partial charge in [-0.3, -0.25) is 10.1 Å². The molecule has 0 aromatic carbocycles. The molecule has 2 saturated heterocycles. The Kier molecular flexibility index (Phi) is 7.45. The third-order valence-corrected chi connectivity index (χ3v) is 4.70. The number of ether oxygens (including phenoxy) is 1. The first-order valence-electron chi connectivity index (χ1n) is 8.75. The maximum atomic E-state index is 12.1. The highest BCUT2D eigenvalue weighted by atomic mass is 35.5. The van der Waals surface area contributed by atoms with Crippen LogP contribution >= 0.6 is 12.4 Å². The van der Waals surface area contributed by atoms with Crippen LogP contribution in [0.3, 0.4) is 0 Å². The largest absolute Gasteiger partial charge is 0.378 e. The molecule has 0 radical (unpaired) electrons. The number of hydrogen-bond acceptors (Lipinski definition) is 5. The monoisotopic (exact) mass is 357 g/mol. The van der Waals surface area contributed by atoms with Crippen LogP contribution in [0.5, 0.6) is 0 Å². The number of hydrogen-bond donors (Lipinski definition) is 2. The number of aromatic nitrogens is 3. The zero-order chi connectivity index (χ0) is 16.1. The smallest absolute Gasteiger partial charge is 0.227 e. The van der Waals surface area contributed by atoms with Gasteiger partial charge in [0, 0.05) is 26.0 Å². The summed E-state index contributed by atoms with van der Waals surface area (Å²) < 4.78 is 7.34. The van der Waals surface area contributed by atoms with E-state index in [4.69, 9.17) is 4.74 Å². The van der Waals surface area contributed by atoms with Gasteiger partial charge in [0.1, 0.15) is 0 Å². The summed E-state index contributed by atoms with van der Waals surface area (Å²) >= 11 is 0. The third kappa shape index (κ3) is 5.16. The Morgan fingerprint density at radius 3 is 2.83 bits per heavy atom. The van der Waals surface area contributed by atoms with E-state index in [-0.39, 0.29) is 24.4 Å². The van der Waals surface area contributed by atoms with Crippen molar-refractivity contribution in [2.24, 2.45) is 7.05 Å². The maximum absolute atomic E-state index is 12.1. The number of carbonyl (C=O) groups excluding carboxylic acids is 1. The summed E-state index contributed by atoms with van der Waals surface area (Å²) in [7, 11) is 1.83. The van der Waals surface area contributed by atoms with Crippen LogP contribution in [0.2, 0.25) is 0 Å². The fourth-order valence-corrected chi connectivity index (χ4v) is 3.28. The lowest BCUT2D eigenvalue weighted by atomic mass is 9.98. The number of carbonyl (C=O) groups is 1. The van der Waals surface area contributed by atoms with Crippen LogP contribution in [0.25, 0.3) is 0 Å². The van der Waals surface area contributed by atoms with Crippen molar-refractivity contribution < 1.29 is 9.53 Å². The van der Waals surface area contributed by atoms with E-state index >= 15 is 0 Å². The molecule has 1 atom stereocenters. The molecular formula is C16H28ClN5O2. The van der Waals surface area contributed by atoms with E-state index < -0.39 is 0 Å². The predicted octanol–water partition coefficient (Wildman–Crippen LogP) is 1.99. The summed E-state index contributed by atoms with van der Waals surface area (Å²) in [5.74, 6) is 1.78. The van der Waals surface area contributed by atoms with Gasteiger partial charge in [0.2, 0.25) is 11.9 Å². The van der Waals surface area contributed by atoms with Gasteiger partial charge < -0.3 is 10.1 Å². The summed E-state index contributed by atoms with van der Waals surface area (Å²) in [5.41, 5.74) is 0. The van der Waals surface area contributed by atoms with Gasteiger partial charge in [0.15, 0.2) is 5.82 Å². The molecule has 24 heavy (non-hydrogen) atoms. The van der Waals surface area contributed by atoms with Crippen molar-refractivity contribution in [1.29, 1.82) is 0 Å². The lowest BCUT2D eigenvalue weighted by Gasteiger charge is -2.22. The van der Waals surface area contributed by atoms with Crippen molar-refractivity contribution >= 4 is 24.3 Å². The lowest BCUT2D eigenvalue weighted by Crippen LogP contribution is -2.27. The van der Waals surface area contributed by atoms with Crippen LogP contribution in [0.1, 0.15) is 56.7 Å². The second-order valence-electron chi connectivity index (χ2n) is 6.52. The SMILES string of the molecule is Cl.Cn1nc(C2CCNCC2)nc1NC(=O)CCC1CCCCO1. The van der Waals surface area contributed by atoms with Crippen molar-refractivity contribution in [1.82, 2.24) is 20.1 Å². The Morgan fingerprint density at radius 2 is 2.12 bits per heavy atom. The fraction of sp³-hybridized carbons (Fsp3) is 0.812. The van der Waals surface area contributed by atoms with Crippen LogP contribution in [0.15, 0.2) is 0 Å². The minimum atomic E-state index is -0.00784. The van der Waals surface area contributed by atoms with E-state index in [0.717, 1.165) is 57.6 Å². The normalized spacial score (nSPS) is 22.0. The second-order valence-corrected chi connectivity index (χ2v) is 6.52. The molecule has 1 amide bonds. The van der Waals surface area contributed by atoms with Crippen LogP contribution in [0.4, 0.5) is 5.95 Å². The molecule has 0 spiro atoms. The minimum Gasteiger partial charge on any atom is -0.378 e. The molecule has 0 bridgehead atoms. The molecule has 2 aliphatic rings. The van der Waals surface area contributed by atoms with Gasteiger partial charge in [-0.15, -0.1) is 12.4 Å². The van der Waals surface area contributed by atoms with Gasteiger partial charge in [-0.2, -0.15) is 10.1 Å². The Morgan fingerprint density at radius 1 is 1.33 bits per heavy atom. The average molecular weight is 358 g/mol. The van der Waals surface area contributed by atoms with Crippen LogP contribution < -0.4 is 10.6 Å². The number of nitrogens with zero attached hydrogens (tertiary/aromatic N) is 3. The molecule has 3 heterocycles. The molecule has 7 nitrogen and oxygen atoms in total. The topological polar surface area (TPSA) is 81.1 Å².